The van der Waals surface area contributed by atoms with Gasteiger partial charge < -0.3 is 10.5 Å². The Morgan fingerprint density at radius 2 is 1.89 bits per heavy atom. The van der Waals surface area contributed by atoms with Gasteiger partial charge in [0.2, 0.25) is 0 Å². The van der Waals surface area contributed by atoms with Gasteiger partial charge in [0.25, 0.3) is 0 Å². The number of nitrogens with two attached hydrogens (primary N) is 1. The van der Waals surface area contributed by atoms with Gasteiger partial charge in [0.05, 0.1) is 5.02 Å². The smallest absolute Gasteiger partial charge is 0.138 e. The molecular formula is C15H17ClFNO. The monoisotopic (exact) mass is 281 g/mol. The molecule has 0 aliphatic heterocycles. The molecule has 0 atom stereocenters. The first kappa shape index (κ1) is 15.3. The minimum absolute atomic E-state index is 0.265. The van der Waals surface area contributed by atoms with Crippen molar-refractivity contribution in [1.82, 2.24) is 0 Å². The lowest BCUT2D eigenvalue weighted by atomic mass is 10.2. The van der Waals surface area contributed by atoms with E-state index in [0.29, 0.717) is 16.5 Å². The summed E-state index contributed by atoms with van der Waals surface area (Å²) in [6.45, 7) is 4.27. The lowest BCUT2D eigenvalue weighted by Gasteiger charge is -2.08. The summed E-state index contributed by atoms with van der Waals surface area (Å²) in [5, 5.41) is 0.446. The Kier molecular flexibility index (Phi) is 6.16. The van der Waals surface area contributed by atoms with Gasteiger partial charge >= 0.3 is 0 Å². The van der Waals surface area contributed by atoms with Crippen molar-refractivity contribution in [2.45, 2.75) is 20.5 Å². The van der Waals surface area contributed by atoms with Gasteiger partial charge in [0.1, 0.15) is 18.2 Å². The highest BCUT2D eigenvalue weighted by Gasteiger charge is 2.02. The first-order valence-corrected chi connectivity index (χ1v) is 6.45. The van der Waals surface area contributed by atoms with Crippen molar-refractivity contribution in [1.29, 1.82) is 0 Å². The number of nitrogen functional groups attached to an aromatic ring is 1. The summed E-state index contributed by atoms with van der Waals surface area (Å²) in [4.78, 5) is 0. The number of ether oxygens (including phenoxy) is 1. The van der Waals surface area contributed by atoms with Crippen molar-refractivity contribution in [3.63, 3.8) is 0 Å². The maximum absolute atomic E-state index is 12.9. The third-order valence-electron chi connectivity index (χ3n) is 2.24. The van der Waals surface area contributed by atoms with E-state index in [1.807, 2.05) is 13.8 Å². The van der Waals surface area contributed by atoms with Crippen LogP contribution in [0.5, 0.6) is 5.75 Å². The van der Waals surface area contributed by atoms with Gasteiger partial charge in [-0.3, -0.25) is 0 Å². The molecule has 0 radical (unpaired) electrons. The molecule has 0 heterocycles. The molecule has 2 N–H and O–H groups in total. The molecule has 0 bridgehead atoms. The molecular weight excluding hydrogens is 265 g/mol. The molecule has 0 aromatic heterocycles. The zero-order valence-electron chi connectivity index (χ0n) is 11.0. The molecule has 2 rings (SSSR count). The Morgan fingerprint density at radius 1 is 1.16 bits per heavy atom. The van der Waals surface area contributed by atoms with Crippen molar-refractivity contribution in [2.75, 3.05) is 5.73 Å². The van der Waals surface area contributed by atoms with E-state index in [1.54, 1.807) is 30.3 Å². The van der Waals surface area contributed by atoms with E-state index in [9.17, 15) is 4.39 Å². The fourth-order valence-electron chi connectivity index (χ4n) is 1.42. The van der Waals surface area contributed by atoms with Gasteiger partial charge in [0.15, 0.2) is 0 Å². The molecule has 19 heavy (non-hydrogen) atoms. The van der Waals surface area contributed by atoms with Gasteiger partial charge in [0, 0.05) is 5.69 Å². The van der Waals surface area contributed by atoms with E-state index < -0.39 is 0 Å². The van der Waals surface area contributed by atoms with Crippen molar-refractivity contribution < 1.29 is 9.13 Å². The van der Waals surface area contributed by atoms with Gasteiger partial charge in [-0.05, 0) is 35.9 Å². The first-order chi connectivity index (χ1) is 9.15. The Hall–Kier alpha value is -1.74. The third-order valence-corrected chi connectivity index (χ3v) is 2.53. The summed E-state index contributed by atoms with van der Waals surface area (Å²) < 4.78 is 18.4. The molecule has 0 fully saturated rings. The Bertz CT molecular complexity index is 531. The van der Waals surface area contributed by atoms with Crippen LogP contribution in [0.2, 0.25) is 5.02 Å². The minimum atomic E-state index is -0.283. The van der Waals surface area contributed by atoms with Crippen LogP contribution in [0.3, 0.4) is 0 Å². The van der Waals surface area contributed by atoms with Gasteiger partial charge in [-0.1, -0.05) is 37.6 Å². The summed E-state index contributed by atoms with van der Waals surface area (Å²) >= 11 is 5.95. The molecule has 2 aromatic rings. The maximum Gasteiger partial charge on any atom is 0.138 e. The van der Waals surface area contributed by atoms with Gasteiger partial charge in [-0.15, -0.1) is 0 Å². The highest BCUT2D eigenvalue weighted by atomic mass is 35.5. The van der Waals surface area contributed by atoms with Crippen LogP contribution in [0.15, 0.2) is 42.5 Å². The van der Waals surface area contributed by atoms with Crippen LogP contribution in [-0.4, -0.2) is 0 Å². The van der Waals surface area contributed by atoms with Crippen LogP contribution in [0.25, 0.3) is 0 Å². The van der Waals surface area contributed by atoms with Crippen LogP contribution in [0.4, 0.5) is 10.1 Å². The largest absolute Gasteiger partial charge is 0.487 e. The highest BCUT2D eigenvalue weighted by Crippen LogP contribution is 2.27. The van der Waals surface area contributed by atoms with E-state index in [4.69, 9.17) is 22.1 Å². The Balaban J connectivity index is 0.000000861. The Labute approximate surface area is 118 Å². The van der Waals surface area contributed by atoms with E-state index in [1.165, 1.54) is 12.1 Å². The number of halogens is 2. The molecule has 0 unspecified atom stereocenters. The van der Waals surface area contributed by atoms with Crippen molar-refractivity contribution in [3.8, 4) is 5.75 Å². The lowest BCUT2D eigenvalue weighted by molar-refractivity contribution is 0.306. The predicted molar refractivity (Wildman–Crippen MR) is 77.9 cm³/mol. The van der Waals surface area contributed by atoms with Crippen LogP contribution >= 0.6 is 11.6 Å². The van der Waals surface area contributed by atoms with E-state index >= 15 is 0 Å². The second-order valence-electron chi connectivity index (χ2n) is 3.61. The average molecular weight is 282 g/mol. The standard InChI is InChI=1S/C13H11ClFNO.C2H6/c14-12-7-11(16)4-5-13(12)17-8-9-2-1-3-10(15)6-9;1-2/h1-7H,8,16H2;1-2H3. The number of benzene rings is 2. The van der Waals surface area contributed by atoms with Crippen molar-refractivity contribution in [3.05, 3.63) is 58.9 Å². The molecule has 2 aromatic carbocycles. The topological polar surface area (TPSA) is 35.2 Å². The second-order valence-corrected chi connectivity index (χ2v) is 4.02. The first-order valence-electron chi connectivity index (χ1n) is 6.07. The summed E-state index contributed by atoms with van der Waals surface area (Å²) in [6, 6.07) is 11.2. The number of rotatable bonds is 3. The molecule has 0 saturated carbocycles. The quantitative estimate of drug-likeness (QED) is 0.830. The van der Waals surface area contributed by atoms with Gasteiger partial charge in [-0.2, -0.15) is 0 Å². The zero-order valence-corrected chi connectivity index (χ0v) is 11.7. The van der Waals surface area contributed by atoms with Crippen molar-refractivity contribution in [2.24, 2.45) is 0 Å². The average Bonchev–Trinajstić information content (AvgIpc) is 2.40. The van der Waals surface area contributed by atoms with Crippen LogP contribution in [0.1, 0.15) is 19.4 Å². The second kappa shape index (κ2) is 7.64. The third kappa shape index (κ3) is 4.79. The summed E-state index contributed by atoms with van der Waals surface area (Å²) in [5.74, 6) is 0.250. The summed E-state index contributed by atoms with van der Waals surface area (Å²) in [5.41, 5.74) is 6.89. The molecule has 0 aliphatic rings. The minimum Gasteiger partial charge on any atom is -0.487 e. The van der Waals surface area contributed by atoms with E-state index in [2.05, 4.69) is 0 Å². The molecule has 102 valence electrons. The summed E-state index contributed by atoms with van der Waals surface area (Å²) in [7, 11) is 0. The molecule has 0 spiro atoms. The molecule has 4 heteroatoms. The number of anilines is 1. The SMILES string of the molecule is CC.Nc1ccc(OCc2cccc(F)c2)c(Cl)c1. The van der Waals surface area contributed by atoms with Crippen LogP contribution < -0.4 is 10.5 Å². The highest BCUT2D eigenvalue weighted by molar-refractivity contribution is 6.32. The fourth-order valence-corrected chi connectivity index (χ4v) is 1.67. The van der Waals surface area contributed by atoms with Crippen molar-refractivity contribution >= 4 is 17.3 Å². The van der Waals surface area contributed by atoms with Gasteiger partial charge in [-0.25, -0.2) is 4.39 Å². The maximum atomic E-state index is 12.9. The van der Waals surface area contributed by atoms with Crippen LogP contribution in [-0.2, 0) is 6.61 Å². The summed E-state index contributed by atoms with van der Waals surface area (Å²) in [6.07, 6.45) is 0. The lowest BCUT2D eigenvalue weighted by Crippen LogP contribution is -1.97. The predicted octanol–water partition coefficient (Wildman–Crippen LogP) is 4.67. The van der Waals surface area contributed by atoms with Crippen LogP contribution in [0, 0.1) is 5.82 Å². The number of hydrogen-bond donors (Lipinski definition) is 1. The normalized spacial score (nSPS) is 9.47. The number of hydrogen-bond acceptors (Lipinski definition) is 2. The molecule has 0 aliphatic carbocycles. The molecule has 0 saturated heterocycles. The zero-order chi connectivity index (χ0) is 14.3. The molecule has 0 amide bonds. The van der Waals surface area contributed by atoms with E-state index in [0.717, 1.165) is 5.56 Å². The fraction of sp³-hybridized carbons (Fsp3) is 0.200. The molecule has 2 nitrogen and oxygen atoms in total. The Morgan fingerprint density at radius 3 is 2.53 bits per heavy atom. The van der Waals surface area contributed by atoms with E-state index in [-0.39, 0.29) is 12.4 Å².